The molecule has 0 amide bonds. The molecule has 0 aliphatic rings. The van der Waals surface area contributed by atoms with E-state index in [9.17, 15) is 0 Å². The average Bonchev–Trinajstić information content (AvgIpc) is 2.67. The molecule has 0 aliphatic heterocycles. The minimum atomic E-state index is 0.791. The van der Waals surface area contributed by atoms with Gasteiger partial charge in [0.05, 0.1) is 18.0 Å². The number of hydrogen-bond donors (Lipinski definition) is 0. The van der Waals surface area contributed by atoms with E-state index in [4.69, 9.17) is 4.74 Å². The summed E-state index contributed by atoms with van der Waals surface area (Å²) in [7, 11) is 0. The Morgan fingerprint density at radius 3 is 1.73 bits per heavy atom. The van der Waals surface area contributed by atoms with Gasteiger partial charge in [-0.3, -0.25) is 0 Å². The summed E-state index contributed by atoms with van der Waals surface area (Å²) >= 11 is 0. The van der Waals surface area contributed by atoms with Crippen LogP contribution in [0, 0.1) is 6.92 Å². The lowest BCUT2D eigenvalue weighted by molar-refractivity contribution is 0.304. The molecule has 0 bridgehead atoms. The maximum Gasteiger partial charge on any atom is 0.119 e. The lowest BCUT2D eigenvalue weighted by atomic mass is 10.1. The standard InChI is InChI=1S/C23H32N2O/c1-3-4-5-6-7-8-9-10-19-26-23-17-15-22(16-18-23)25-24-21-13-11-20(2)12-14-21/h11-18H,3-10,19H2,1-2H3. The molecule has 3 heteroatoms. The van der Waals surface area contributed by atoms with Gasteiger partial charge in [0.1, 0.15) is 5.75 Å². The molecule has 0 spiro atoms. The maximum absolute atomic E-state index is 5.81. The molecule has 2 aromatic carbocycles. The van der Waals surface area contributed by atoms with E-state index in [1.807, 2.05) is 48.5 Å². The Morgan fingerprint density at radius 2 is 1.15 bits per heavy atom. The molecule has 2 aromatic rings. The fourth-order valence-electron chi connectivity index (χ4n) is 2.76. The first-order valence-electron chi connectivity index (χ1n) is 9.99. The summed E-state index contributed by atoms with van der Waals surface area (Å²) in [6.07, 6.45) is 10.5. The van der Waals surface area contributed by atoms with Gasteiger partial charge in [-0.25, -0.2) is 0 Å². The number of unbranched alkanes of at least 4 members (excludes halogenated alkanes) is 7. The molecular weight excluding hydrogens is 320 g/mol. The van der Waals surface area contributed by atoms with Crippen LogP contribution in [0.5, 0.6) is 5.75 Å². The van der Waals surface area contributed by atoms with Crippen LogP contribution < -0.4 is 4.74 Å². The molecular formula is C23H32N2O. The van der Waals surface area contributed by atoms with Gasteiger partial charge in [-0.1, -0.05) is 69.6 Å². The van der Waals surface area contributed by atoms with Gasteiger partial charge < -0.3 is 4.74 Å². The van der Waals surface area contributed by atoms with E-state index in [0.29, 0.717) is 0 Å². The Hall–Kier alpha value is -2.16. The van der Waals surface area contributed by atoms with E-state index in [2.05, 4.69) is 24.1 Å². The highest BCUT2D eigenvalue weighted by atomic mass is 16.5. The summed E-state index contributed by atoms with van der Waals surface area (Å²) in [6, 6.07) is 15.8. The second-order valence-electron chi connectivity index (χ2n) is 6.85. The van der Waals surface area contributed by atoms with Gasteiger partial charge in [-0.2, -0.15) is 10.2 Å². The molecule has 0 N–H and O–H groups in total. The van der Waals surface area contributed by atoms with Gasteiger partial charge in [0.2, 0.25) is 0 Å². The third-order valence-corrected chi connectivity index (χ3v) is 4.42. The predicted octanol–water partition coefficient (Wildman–Crippen LogP) is 7.93. The van der Waals surface area contributed by atoms with Crippen molar-refractivity contribution in [3.8, 4) is 5.75 Å². The van der Waals surface area contributed by atoms with E-state index in [-0.39, 0.29) is 0 Å². The molecule has 3 nitrogen and oxygen atoms in total. The van der Waals surface area contributed by atoms with Crippen LogP contribution >= 0.6 is 0 Å². The van der Waals surface area contributed by atoms with Crippen LogP contribution in [0.4, 0.5) is 11.4 Å². The number of ether oxygens (including phenoxy) is 1. The Morgan fingerprint density at radius 1 is 0.654 bits per heavy atom. The van der Waals surface area contributed by atoms with Crippen LogP contribution in [0.25, 0.3) is 0 Å². The minimum Gasteiger partial charge on any atom is -0.494 e. The fraction of sp³-hybridized carbons (Fsp3) is 0.478. The highest BCUT2D eigenvalue weighted by molar-refractivity contribution is 5.43. The van der Waals surface area contributed by atoms with Gasteiger partial charge in [-0.05, 0) is 49.7 Å². The monoisotopic (exact) mass is 352 g/mol. The van der Waals surface area contributed by atoms with E-state index in [1.54, 1.807) is 0 Å². The molecule has 0 unspecified atom stereocenters. The molecule has 0 aliphatic carbocycles. The normalized spacial score (nSPS) is 11.2. The van der Waals surface area contributed by atoms with Crippen molar-refractivity contribution in [3.63, 3.8) is 0 Å². The second kappa shape index (κ2) is 12.2. The number of rotatable bonds is 12. The van der Waals surface area contributed by atoms with Crippen LogP contribution in [0.3, 0.4) is 0 Å². The Labute approximate surface area is 158 Å². The van der Waals surface area contributed by atoms with E-state index in [1.165, 1.54) is 50.5 Å². The van der Waals surface area contributed by atoms with Crippen LogP contribution in [0.1, 0.15) is 63.9 Å². The zero-order valence-corrected chi connectivity index (χ0v) is 16.3. The van der Waals surface area contributed by atoms with Crippen LogP contribution in [0.2, 0.25) is 0 Å². The quantitative estimate of drug-likeness (QED) is 0.282. The molecule has 0 saturated heterocycles. The highest BCUT2D eigenvalue weighted by Crippen LogP contribution is 2.21. The van der Waals surface area contributed by atoms with Crippen molar-refractivity contribution in [2.24, 2.45) is 10.2 Å². The lowest BCUT2D eigenvalue weighted by Gasteiger charge is -2.06. The Balaban J connectivity index is 1.62. The van der Waals surface area contributed by atoms with Crippen LogP contribution in [-0.2, 0) is 0 Å². The molecule has 2 rings (SSSR count). The first-order chi connectivity index (χ1) is 12.8. The molecule has 140 valence electrons. The van der Waals surface area contributed by atoms with Gasteiger partial charge in [0, 0.05) is 0 Å². The number of aryl methyl sites for hydroxylation is 1. The molecule has 26 heavy (non-hydrogen) atoms. The fourth-order valence-corrected chi connectivity index (χ4v) is 2.76. The minimum absolute atomic E-state index is 0.791. The smallest absolute Gasteiger partial charge is 0.119 e. The summed E-state index contributed by atoms with van der Waals surface area (Å²) < 4.78 is 5.81. The van der Waals surface area contributed by atoms with Gasteiger partial charge in [0.15, 0.2) is 0 Å². The summed E-state index contributed by atoms with van der Waals surface area (Å²) in [5, 5.41) is 8.52. The van der Waals surface area contributed by atoms with E-state index < -0.39 is 0 Å². The zero-order chi connectivity index (χ0) is 18.5. The molecule has 0 radical (unpaired) electrons. The number of benzene rings is 2. The largest absolute Gasteiger partial charge is 0.494 e. The van der Waals surface area contributed by atoms with E-state index >= 15 is 0 Å². The molecule has 0 aromatic heterocycles. The SMILES string of the molecule is CCCCCCCCCCOc1ccc(N=Nc2ccc(C)cc2)cc1. The number of azo groups is 1. The molecule has 0 atom stereocenters. The molecule has 0 heterocycles. The topological polar surface area (TPSA) is 34.0 Å². The van der Waals surface area contributed by atoms with Gasteiger partial charge in [-0.15, -0.1) is 0 Å². The summed E-state index contributed by atoms with van der Waals surface area (Å²) in [4.78, 5) is 0. The van der Waals surface area contributed by atoms with Crippen molar-refractivity contribution >= 4 is 11.4 Å². The van der Waals surface area contributed by atoms with Gasteiger partial charge in [0.25, 0.3) is 0 Å². The van der Waals surface area contributed by atoms with Crippen molar-refractivity contribution in [3.05, 3.63) is 54.1 Å². The van der Waals surface area contributed by atoms with Crippen molar-refractivity contribution in [2.75, 3.05) is 6.61 Å². The Kier molecular flexibility index (Phi) is 9.48. The summed E-state index contributed by atoms with van der Waals surface area (Å²) in [6.45, 7) is 5.11. The zero-order valence-electron chi connectivity index (χ0n) is 16.3. The second-order valence-corrected chi connectivity index (χ2v) is 6.85. The lowest BCUT2D eigenvalue weighted by Crippen LogP contribution is -1.96. The maximum atomic E-state index is 5.81. The van der Waals surface area contributed by atoms with Gasteiger partial charge >= 0.3 is 0 Å². The third kappa shape index (κ3) is 8.28. The average molecular weight is 353 g/mol. The summed E-state index contributed by atoms with van der Waals surface area (Å²) in [5.74, 6) is 0.905. The van der Waals surface area contributed by atoms with Crippen molar-refractivity contribution in [1.29, 1.82) is 0 Å². The van der Waals surface area contributed by atoms with Crippen molar-refractivity contribution < 1.29 is 4.74 Å². The predicted molar refractivity (Wildman–Crippen MR) is 110 cm³/mol. The third-order valence-electron chi connectivity index (χ3n) is 4.42. The first-order valence-corrected chi connectivity index (χ1v) is 9.99. The Bertz CT molecular complexity index is 632. The van der Waals surface area contributed by atoms with E-state index in [0.717, 1.165) is 30.2 Å². The molecule has 0 fully saturated rings. The highest BCUT2D eigenvalue weighted by Gasteiger charge is 1.96. The number of nitrogens with zero attached hydrogens (tertiary/aromatic N) is 2. The first kappa shape index (κ1) is 20.2. The summed E-state index contributed by atoms with van der Waals surface area (Å²) in [5.41, 5.74) is 2.93. The van der Waals surface area contributed by atoms with Crippen LogP contribution in [-0.4, -0.2) is 6.61 Å². The van der Waals surface area contributed by atoms with Crippen molar-refractivity contribution in [2.45, 2.75) is 65.2 Å². The number of hydrogen-bond acceptors (Lipinski definition) is 3. The van der Waals surface area contributed by atoms with Crippen LogP contribution in [0.15, 0.2) is 58.8 Å². The van der Waals surface area contributed by atoms with Crippen molar-refractivity contribution in [1.82, 2.24) is 0 Å². The molecule has 0 saturated carbocycles.